The summed E-state index contributed by atoms with van der Waals surface area (Å²) in [5, 5.41) is 7.98. The van der Waals surface area contributed by atoms with Gasteiger partial charge in [-0.3, -0.25) is 9.69 Å². The number of nitrogens with zero attached hydrogens (tertiary/aromatic N) is 3. The van der Waals surface area contributed by atoms with Crippen LogP contribution in [-0.4, -0.2) is 40.8 Å². The Morgan fingerprint density at radius 3 is 3.14 bits per heavy atom. The molecule has 1 aliphatic heterocycles. The third-order valence-electron chi connectivity index (χ3n) is 3.62. The topological polar surface area (TPSA) is 81.6 Å². The van der Waals surface area contributed by atoms with Crippen LogP contribution in [0.25, 0.3) is 11.7 Å². The van der Waals surface area contributed by atoms with Gasteiger partial charge < -0.3 is 13.6 Å². The lowest BCUT2D eigenvalue weighted by Gasteiger charge is -2.32. The predicted molar refractivity (Wildman–Crippen MR) is 72.1 cm³/mol. The number of methoxy groups -OCH3 is 1. The Labute approximate surface area is 121 Å². The lowest BCUT2D eigenvalue weighted by molar-refractivity contribution is -0.148. The number of hydrogen-bond donors (Lipinski definition) is 0. The van der Waals surface area contributed by atoms with E-state index in [0.29, 0.717) is 24.1 Å². The largest absolute Gasteiger partial charge is 0.468 e. The fraction of sp³-hybridized carbons (Fsp3) is 0.500. The van der Waals surface area contributed by atoms with E-state index in [2.05, 4.69) is 10.2 Å². The van der Waals surface area contributed by atoms with Crippen LogP contribution in [0.2, 0.25) is 0 Å². The molecule has 0 spiro atoms. The van der Waals surface area contributed by atoms with Crippen LogP contribution in [0, 0.1) is 0 Å². The number of rotatable bonds is 4. The average Bonchev–Trinajstić information content (AvgIpc) is 3.18. The second-order valence-corrected chi connectivity index (χ2v) is 4.98. The lowest BCUT2D eigenvalue weighted by Crippen LogP contribution is -2.44. The summed E-state index contributed by atoms with van der Waals surface area (Å²) < 4.78 is 15.7. The Balaban J connectivity index is 1.71. The van der Waals surface area contributed by atoms with E-state index in [1.165, 1.54) is 7.11 Å². The van der Waals surface area contributed by atoms with E-state index in [-0.39, 0.29) is 12.0 Å². The van der Waals surface area contributed by atoms with Crippen molar-refractivity contribution in [1.29, 1.82) is 0 Å². The van der Waals surface area contributed by atoms with Gasteiger partial charge in [-0.1, -0.05) is 6.42 Å². The number of ether oxygens (including phenoxy) is 1. The number of esters is 1. The number of piperidine rings is 1. The molecule has 7 heteroatoms. The van der Waals surface area contributed by atoms with Gasteiger partial charge in [0.05, 0.1) is 19.9 Å². The van der Waals surface area contributed by atoms with Gasteiger partial charge >= 0.3 is 5.97 Å². The zero-order valence-electron chi connectivity index (χ0n) is 11.8. The minimum atomic E-state index is -0.234. The highest BCUT2D eigenvalue weighted by molar-refractivity contribution is 5.75. The molecule has 1 aliphatic rings. The van der Waals surface area contributed by atoms with E-state index in [1.807, 2.05) is 4.90 Å². The third-order valence-corrected chi connectivity index (χ3v) is 3.62. The average molecular weight is 291 g/mol. The number of carbonyl (C=O) groups is 1. The van der Waals surface area contributed by atoms with Crippen molar-refractivity contribution in [2.75, 3.05) is 13.7 Å². The molecule has 1 saturated heterocycles. The van der Waals surface area contributed by atoms with Crippen molar-refractivity contribution in [2.45, 2.75) is 31.8 Å². The van der Waals surface area contributed by atoms with Crippen LogP contribution < -0.4 is 0 Å². The maximum absolute atomic E-state index is 11.8. The molecular formula is C14H17N3O4. The van der Waals surface area contributed by atoms with Gasteiger partial charge in [0.15, 0.2) is 5.76 Å². The Morgan fingerprint density at radius 1 is 1.48 bits per heavy atom. The summed E-state index contributed by atoms with van der Waals surface area (Å²) in [6.45, 7) is 1.26. The van der Waals surface area contributed by atoms with Crippen molar-refractivity contribution in [3.8, 4) is 11.7 Å². The first-order valence-electron chi connectivity index (χ1n) is 6.96. The lowest BCUT2D eigenvalue weighted by atomic mass is 10.0. The molecule has 7 nitrogen and oxygen atoms in total. The number of furan rings is 1. The highest BCUT2D eigenvalue weighted by atomic mass is 16.5. The van der Waals surface area contributed by atoms with Crippen molar-refractivity contribution < 1.29 is 18.4 Å². The first kappa shape index (κ1) is 13.8. The Kier molecular flexibility index (Phi) is 4.01. The highest BCUT2D eigenvalue weighted by Crippen LogP contribution is 2.22. The van der Waals surface area contributed by atoms with E-state index in [4.69, 9.17) is 13.6 Å². The van der Waals surface area contributed by atoms with Crippen LogP contribution in [0.15, 0.2) is 27.2 Å². The molecule has 2 aromatic heterocycles. The molecule has 0 bridgehead atoms. The second-order valence-electron chi connectivity index (χ2n) is 4.98. The summed E-state index contributed by atoms with van der Waals surface area (Å²) in [6, 6.07) is 3.29. The third kappa shape index (κ3) is 2.97. The highest BCUT2D eigenvalue weighted by Gasteiger charge is 2.30. The SMILES string of the molecule is COC(=O)C1CCCCN1Cc1nnc(-c2ccco2)o1. The molecule has 0 aliphatic carbocycles. The predicted octanol–water partition coefficient (Wildman–Crippen LogP) is 1.86. The molecule has 0 radical (unpaired) electrons. The smallest absolute Gasteiger partial charge is 0.323 e. The second kappa shape index (κ2) is 6.09. The summed E-state index contributed by atoms with van der Waals surface area (Å²) in [7, 11) is 1.41. The molecule has 1 fully saturated rings. The van der Waals surface area contributed by atoms with E-state index in [9.17, 15) is 4.79 Å². The van der Waals surface area contributed by atoms with E-state index in [0.717, 1.165) is 25.8 Å². The van der Waals surface area contributed by atoms with Crippen LogP contribution in [0.4, 0.5) is 0 Å². The van der Waals surface area contributed by atoms with Gasteiger partial charge in [0, 0.05) is 0 Å². The van der Waals surface area contributed by atoms with Crippen LogP contribution in [0.3, 0.4) is 0 Å². The Bertz CT molecular complexity index is 593. The van der Waals surface area contributed by atoms with Crippen LogP contribution in [0.1, 0.15) is 25.2 Å². The first-order chi connectivity index (χ1) is 10.3. The summed E-state index contributed by atoms with van der Waals surface area (Å²) in [6.07, 6.45) is 4.42. The molecule has 3 rings (SSSR count). The fourth-order valence-corrected chi connectivity index (χ4v) is 2.57. The summed E-state index contributed by atoms with van der Waals surface area (Å²) >= 11 is 0. The maximum Gasteiger partial charge on any atom is 0.323 e. The van der Waals surface area contributed by atoms with E-state index >= 15 is 0 Å². The standard InChI is InChI=1S/C14H17N3O4/c1-19-14(18)10-5-2-3-7-17(10)9-12-15-16-13(21-12)11-6-4-8-20-11/h4,6,8,10H,2-3,5,7,9H2,1H3. The van der Waals surface area contributed by atoms with Gasteiger partial charge in [-0.2, -0.15) is 0 Å². The molecule has 0 amide bonds. The van der Waals surface area contributed by atoms with Gasteiger partial charge in [0.25, 0.3) is 5.89 Å². The number of carbonyl (C=O) groups excluding carboxylic acids is 1. The zero-order valence-corrected chi connectivity index (χ0v) is 11.8. The molecule has 0 N–H and O–H groups in total. The van der Waals surface area contributed by atoms with Crippen LogP contribution >= 0.6 is 0 Å². The number of likely N-dealkylation sites (tertiary alicyclic amines) is 1. The van der Waals surface area contributed by atoms with Gasteiger partial charge in [0.1, 0.15) is 6.04 Å². The molecule has 2 aromatic rings. The summed E-state index contributed by atoms with van der Waals surface area (Å²) in [5.74, 6) is 1.15. The zero-order chi connectivity index (χ0) is 14.7. The van der Waals surface area contributed by atoms with Gasteiger partial charge in [-0.25, -0.2) is 0 Å². The maximum atomic E-state index is 11.8. The molecule has 21 heavy (non-hydrogen) atoms. The minimum Gasteiger partial charge on any atom is -0.468 e. The Morgan fingerprint density at radius 2 is 2.38 bits per heavy atom. The van der Waals surface area contributed by atoms with Crippen molar-refractivity contribution in [2.24, 2.45) is 0 Å². The monoisotopic (exact) mass is 291 g/mol. The molecular weight excluding hydrogens is 274 g/mol. The molecule has 1 unspecified atom stereocenters. The summed E-state index contributed by atoms with van der Waals surface area (Å²) in [5.41, 5.74) is 0. The van der Waals surface area contributed by atoms with Crippen molar-refractivity contribution in [3.05, 3.63) is 24.3 Å². The molecule has 112 valence electrons. The van der Waals surface area contributed by atoms with Crippen molar-refractivity contribution in [1.82, 2.24) is 15.1 Å². The van der Waals surface area contributed by atoms with Gasteiger partial charge in [-0.15, -0.1) is 10.2 Å². The van der Waals surface area contributed by atoms with Crippen LogP contribution in [0.5, 0.6) is 0 Å². The minimum absolute atomic E-state index is 0.208. The van der Waals surface area contributed by atoms with Crippen LogP contribution in [-0.2, 0) is 16.1 Å². The number of hydrogen-bond acceptors (Lipinski definition) is 7. The normalized spacial score (nSPS) is 19.6. The van der Waals surface area contributed by atoms with E-state index in [1.54, 1.807) is 18.4 Å². The molecule has 0 aromatic carbocycles. The molecule has 0 saturated carbocycles. The van der Waals surface area contributed by atoms with Gasteiger partial charge in [0.2, 0.25) is 5.89 Å². The Hall–Kier alpha value is -2.15. The number of aromatic nitrogens is 2. The quantitative estimate of drug-likeness (QED) is 0.795. The molecule has 3 heterocycles. The van der Waals surface area contributed by atoms with Crippen molar-refractivity contribution in [3.63, 3.8) is 0 Å². The van der Waals surface area contributed by atoms with E-state index < -0.39 is 0 Å². The van der Waals surface area contributed by atoms with Gasteiger partial charge in [-0.05, 0) is 31.5 Å². The first-order valence-corrected chi connectivity index (χ1v) is 6.96. The van der Waals surface area contributed by atoms with Crippen molar-refractivity contribution >= 4 is 5.97 Å². The molecule has 1 atom stereocenters. The fourth-order valence-electron chi connectivity index (χ4n) is 2.57. The summed E-state index contributed by atoms with van der Waals surface area (Å²) in [4.78, 5) is 13.8.